The Morgan fingerprint density at radius 2 is 2.21 bits per heavy atom. The average molecular weight is 369 g/mol. The molecule has 0 radical (unpaired) electrons. The molecule has 1 aromatic carbocycles. The number of benzene rings is 1. The van der Waals surface area contributed by atoms with Crippen molar-refractivity contribution in [3.63, 3.8) is 0 Å². The van der Waals surface area contributed by atoms with Crippen LogP contribution in [0.4, 0.5) is 0 Å². The predicted molar refractivity (Wildman–Crippen MR) is 52.0 cm³/mol. The van der Waals surface area contributed by atoms with Gasteiger partial charge in [0, 0.05) is 26.0 Å². The number of hydrogen-bond acceptors (Lipinski definition) is 3. The maximum absolute atomic E-state index is 8.48. The molecule has 0 aliphatic carbocycles. The van der Waals surface area contributed by atoms with Gasteiger partial charge in [0.2, 0.25) is 0 Å². The number of thioether (sulfide) groups is 1. The van der Waals surface area contributed by atoms with Crippen molar-refractivity contribution in [2.45, 2.75) is 4.90 Å². The van der Waals surface area contributed by atoms with E-state index in [2.05, 4.69) is 11.2 Å². The molecule has 0 atom stereocenters. The van der Waals surface area contributed by atoms with Gasteiger partial charge in [-0.15, -0.1) is 5.39 Å². The number of aromatic nitrogens is 1. The van der Waals surface area contributed by atoms with Crippen LogP contribution in [-0.2, 0) is 21.1 Å². The van der Waals surface area contributed by atoms with Gasteiger partial charge >= 0.3 is 0 Å². The molecular formula is C10H5N2SW-. The summed E-state index contributed by atoms with van der Waals surface area (Å²) in [5.41, 5.74) is 0.907. The second-order valence-corrected chi connectivity index (χ2v) is 3.35. The Hall–Kier alpha value is -0.842. The Kier molecular flexibility index (Phi) is 4.13. The summed E-state index contributed by atoms with van der Waals surface area (Å²) in [5, 5.41) is 11.6. The zero-order valence-electron chi connectivity index (χ0n) is 7.10. The molecule has 0 N–H and O–H groups in total. The molecule has 0 bridgehead atoms. The molecule has 0 saturated carbocycles. The van der Waals surface area contributed by atoms with Crippen LogP contribution in [0.2, 0.25) is 0 Å². The van der Waals surface area contributed by atoms with E-state index in [0.29, 0.717) is 0 Å². The van der Waals surface area contributed by atoms with E-state index in [1.165, 1.54) is 0 Å². The van der Waals surface area contributed by atoms with Gasteiger partial charge in [-0.25, -0.2) is 0 Å². The molecule has 2 nitrogen and oxygen atoms in total. The Morgan fingerprint density at radius 1 is 1.36 bits per heavy atom. The SMILES string of the molecule is N#CSc1ccc2n[c-]ccc2c1.[W]. The van der Waals surface area contributed by atoms with Gasteiger partial charge in [0.25, 0.3) is 0 Å². The van der Waals surface area contributed by atoms with E-state index in [9.17, 15) is 0 Å². The summed E-state index contributed by atoms with van der Waals surface area (Å²) in [6.45, 7) is 0. The average Bonchev–Trinajstić information content (AvgIpc) is 2.18. The number of thiocyanates is 1. The summed E-state index contributed by atoms with van der Waals surface area (Å²) in [5.74, 6) is 0. The van der Waals surface area contributed by atoms with Crippen LogP contribution in [0.1, 0.15) is 0 Å². The van der Waals surface area contributed by atoms with Crippen LogP contribution in [0.5, 0.6) is 0 Å². The van der Waals surface area contributed by atoms with Crippen LogP contribution in [0, 0.1) is 16.9 Å². The normalized spacial score (nSPS) is 9.07. The molecule has 68 valence electrons. The molecule has 0 fully saturated rings. The van der Waals surface area contributed by atoms with Crippen molar-refractivity contribution in [2.24, 2.45) is 0 Å². The molecule has 2 aromatic rings. The molecular weight excluding hydrogens is 364 g/mol. The molecule has 0 spiro atoms. The van der Waals surface area contributed by atoms with E-state index < -0.39 is 0 Å². The molecule has 0 unspecified atom stereocenters. The van der Waals surface area contributed by atoms with Gasteiger partial charge in [0.1, 0.15) is 5.40 Å². The van der Waals surface area contributed by atoms with Crippen molar-refractivity contribution < 1.29 is 21.1 Å². The van der Waals surface area contributed by atoms with Crippen LogP contribution >= 0.6 is 11.8 Å². The number of nitrogens with zero attached hydrogens (tertiary/aromatic N) is 2. The van der Waals surface area contributed by atoms with E-state index in [4.69, 9.17) is 5.26 Å². The minimum atomic E-state index is 0. The topological polar surface area (TPSA) is 36.7 Å². The summed E-state index contributed by atoms with van der Waals surface area (Å²) in [4.78, 5) is 5.01. The number of pyridine rings is 1. The fourth-order valence-corrected chi connectivity index (χ4v) is 1.55. The maximum Gasteiger partial charge on any atom is 0.138 e. The van der Waals surface area contributed by atoms with E-state index in [1.54, 1.807) is 6.07 Å². The summed E-state index contributed by atoms with van der Waals surface area (Å²) in [6, 6.07) is 9.43. The minimum absolute atomic E-state index is 0. The van der Waals surface area contributed by atoms with Gasteiger partial charge in [0.05, 0.1) is 0 Å². The summed E-state index contributed by atoms with van der Waals surface area (Å²) in [7, 11) is 0. The van der Waals surface area contributed by atoms with Crippen LogP contribution in [-0.4, -0.2) is 4.98 Å². The zero-order chi connectivity index (χ0) is 9.10. The molecule has 2 rings (SSSR count). The molecule has 0 amide bonds. The molecule has 1 heterocycles. The third-order valence-corrected chi connectivity index (χ3v) is 2.27. The van der Waals surface area contributed by atoms with Gasteiger partial charge in [-0.05, 0) is 17.3 Å². The van der Waals surface area contributed by atoms with Crippen molar-refractivity contribution in [1.29, 1.82) is 5.26 Å². The maximum atomic E-state index is 8.48. The summed E-state index contributed by atoms with van der Waals surface area (Å²) < 4.78 is 0. The van der Waals surface area contributed by atoms with Gasteiger partial charge < -0.3 is 4.98 Å². The standard InChI is InChI=1S/C10H5N2S.W/c11-7-13-9-3-4-10-8(6-9)2-1-5-12-10;/h1-4,6H;/q-1;. The van der Waals surface area contributed by atoms with Gasteiger partial charge in [-0.3, -0.25) is 0 Å². The number of hydrogen-bond donors (Lipinski definition) is 0. The van der Waals surface area contributed by atoms with Gasteiger partial charge in [-0.1, -0.05) is 24.4 Å². The molecule has 0 saturated heterocycles. The Balaban J connectivity index is 0.000000980. The van der Waals surface area contributed by atoms with Crippen LogP contribution in [0.3, 0.4) is 0 Å². The first-order valence-corrected chi connectivity index (χ1v) is 4.54. The molecule has 0 aliphatic rings. The molecule has 14 heavy (non-hydrogen) atoms. The number of fused-ring (bicyclic) bond motifs is 1. The van der Waals surface area contributed by atoms with Crippen LogP contribution < -0.4 is 0 Å². The van der Waals surface area contributed by atoms with Crippen molar-refractivity contribution in [3.8, 4) is 5.40 Å². The molecule has 1 aromatic heterocycles. The fraction of sp³-hybridized carbons (Fsp3) is 0. The van der Waals surface area contributed by atoms with Gasteiger partial charge in [-0.2, -0.15) is 17.4 Å². The predicted octanol–water partition coefficient (Wildman–Crippen LogP) is 2.61. The van der Waals surface area contributed by atoms with Crippen molar-refractivity contribution >= 4 is 22.7 Å². The van der Waals surface area contributed by atoms with E-state index >= 15 is 0 Å². The van der Waals surface area contributed by atoms with Gasteiger partial charge in [0.15, 0.2) is 0 Å². The second kappa shape index (κ2) is 5.14. The van der Waals surface area contributed by atoms with Crippen molar-refractivity contribution in [2.75, 3.05) is 0 Å². The first kappa shape index (κ1) is 11.2. The number of rotatable bonds is 1. The van der Waals surface area contributed by atoms with Crippen LogP contribution in [0.15, 0.2) is 35.2 Å². The minimum Gasteiger partial charge on any atom is -0.386 e. The summed E-state index contributed by atoms with van der Waals surface area (Å²) in [6.07, 6.45) is 2.77. The molecule has 0 aliphatic heterocycles. The largest absolute Gasteiger partial charge is 0.386 e. The third-order valence-electron chi connectivity index (χ3n) is 1.68. The number of nitriles is 1. The first-order valence-electron chi connectivity index (χ1n) is 3.73. The Morgan fingerprint density at radius 3 is 3.00 bits per heavy atom. The second-order valence-electron chi connectivity index (χ2n) is 2.49. The Bertz CT molecular complexity index is 479. The van der Waals surface area contributed by atoms with Crippen molar-refractivity contribution in [3.05, 3.63) is 36.5 Å². The van der Waals surface area contributed by atoms with E-state index in [0.717, 1.165) is 27.6 Å². The Labute approximate surface area is 101 Å². The summed E-state index contributed by atoms with van der Waals surface area (Å²) >= 11 is 1.16. The monoisotopic (exact) mass is 369 g/mol. The van der Waals surface area contributed by atoms with E-state index in [-0.39, 0.29) is 21.1 Å². The fourth-order valence-electron chi connectivity index (χ4n) is 1.12. The smallest absolute Gasteiger partial charge is 0.138 e. The third kappa shape index (κ3) is 2.35. The van der Waals surface area contributed by atoms with E-state index in [1.807, 2.05) is 29.7 Å². The quantitative estimate of drug-likeness (QED) is 0.441. The van der Waals surface area contributed by atoms with Crippen LogP contribution in [0.25, 0.3) is 10.9 Å². The first-order chi connectivity index (χ1) is 6.40. The van der Waals surface area contributed by atoms with Crippen molar-refractivity contribution in [1.82, 2.24) is 4.98 Å². The zero-order valence-corrected chi connectivity index (χ0v) is 10.8. The molecule has 4 heteroatoms.